The molecule has 1 saturated heterocycles. The fraction of sp³-hybridized carbons (Fsp3) is 0.500. The van der Waals surface area contributed by atoms with Crippen molar-refractivity contribution in [2.45, 2.75) is 43.3 Å². The first-order chi connectivity index (χ1) is 12.6. The summed E-state index contributed by atoms with van der Waals surface area (Å²) in [7, 11) is 4.47. The van der Waals surface area contributed by atoms with Gasteiger partial charge in [0.05, 0.1) is 5.69 Å². The van der Waals surface area contributed by atoms with Crippen molar-refractivity contribution in [2.75, 3.05) is 27.3 Å². The van der Waals surface area contributed by atoms with Crippen LogP contribution in [0.5, 0.6) is 0 Å². The molecule has 2 aromatic rings. The van der Waals surface area contributed by atoms with Crippen LogP contribution in [0.4, 0.5) is 0 Å². The van der Waals surface area contributed by atoms with Gasteiger partial charge in [-0.15, -0.1) is 0 Å². The average Bonchev–Trinajstić information content (AvgIpc) is 3.06. The molecule has 2 heterocycles. The van der Waals surface area contributed by atoms with Crippen LogP contribution in [-0.4, -0.2) is 47.6 Å². The van der Waals surface area contributed by atoms with Crippen LogP contribution in [0.3, 0.4) is 0 Å². The zero-order chi connectivity index (χ0) is 18.0. The van der Waals surface area contributed by atoms with Crippen molar-refractivity contribution < 1.29 is 0 Å². The summed E-state index contributed by atoms with van der Waals surface area (Å²) in [4.78, 5) is 9.43. The second-order valence-corrected chi connectivity index (χ2v) is 8.22. The van der Waals surface area contributed by atoms with Crippen LogP contribution >= 0.6 is 0 Å². The molecule has 1 N–H and O–H groups in total. The molecule has 4 heteroatoms. The highest BCUT2D eigenvalue weighted by Gasteiger charge is 2.47. The normalized spacial score (nSPS) is 29.5. The predicted molar refractivity (Wildman–Crippen MR) is 106 cm³/mol. The maximum absolute atomic E-state index is 4.49. The first kappa shape index (κ1) is 17.7. The van der Waals surface area contributed by atoms with Gasteiger partial charge >= 0.3 is 0 Å². The van der Waals surface area contributed by atoms with E-state index in [0.29, 0.717) is 0 Å². The minimum atomic E-state index is 0.169. The van der Waals surface area contributed by atoms with Gasteiger partial charge in [0.1, 0.15) is 0 Å². The predicted octanol–water partition coefficient (Wildman–Crippen LogP) is 3.21. The number of hydrogen-bond donors (Lipinski definition) is 1. The Hall–Kier alpha value is -1.75. The first-order valence-corrected chi connectivity index (χ1v) is 9.72. The highest BCUT2D eigenvalue weighted by molar-refractivity contribution is 5.26. The van der Waals surface area contributed by atoms with Crippen LogP contribution in [0.25, 0.3) is 0 Å². The molecular formula is C22H30N4. The van der Waals surface area contributed by atoms with Crippen LogP contribution in [0, 0.1) is 0 Å². The summed E-state index contributed by atoms with van der Waals surface area (Å²) < 4.78 is 0. The maximum Gasteiger partial charge on any atom is 0.0544 e. The fourth-order valence-electron chi connectivity index (χ4n) is 4.87. The zero-order valence-electron chi connectivity index (χ0n) is 16.0. The van der Waals surface area contributed by atoms with Crippen LogP contribution in [-0.2, 0) is 12.1 Å². The van der Waals surface area contributed by atoms with Crippen LogP contribution in [0.1, 0.15) is 36.9 Å². The van der Waals surface area contributed by atoms with Gasteiger partial charge in [0, 0.05) is 37.0 Å². The second-order valence-electron chi connectivity index (χ2n) is 8.22. The number of nitrogens with one attached hydrogen (secondary N) is 1. The van der Waals surface area contributed by atoms with E-state index < -0.39 is 0 Å². The Morgan fingerprint density at radius 2 is 1.73 bits per heavy atom. The molecule has 2 aliphatic rings. The number of benzene rings is 1. The summed E-state index contributed by atoms with van der Waals surface area (Å²) >= 11 is 0. The van der Waals surface area contributed by atoms with Crippen LogP contribution in [0.2, 0.25) is 0 Å². The molecular weight excluding hydrogens is 320 g/mol. The third-order valence-electron chi connectivity index (χ3n) is 6.52. The monoisotopic (exact) mass is 350 g/mol. The lowest BCUT2D eigenvalue weighted by Crippen LogP contribution is -2.53. The average molecular weight is 351 g/mol. The summed E-state index contributed by atoms with van der Waals surface area (Å²) in [6.45, 7) is 3.03. The van der Waals surface area contributed by atoms with E-state index in [1.54, 1.807) is 0 Å². The molecule has 0 unspecified atom stereocenters. The lowest BCUT2D eigenvalue weighted by Gasteiger charge is -2.49. The van der Waals surface area contributed by atoms with Gasteiger partial charge in [0.25, 0.3) is 0 Å². The molecule has 1 aliphatic carbocycles. The van der Waals surface area contributed by atoms with Gasteiger partial charge in [-0.2, -0.15) is 0 Å². The van der Waals surface area contributed by atoms with Crippen molar-refractivity contribution >= 4 is 0 Å². The van der Waals surface area contributed by atoms with E-state index in [-0.39, 0.29) is 11.1 Å². The summed E-state index contributed by atoms with van der Waals surface area (Å²) in [6.07, 6.45) is 6.74. The van der Waals surface area contributed by atoms with E-state index in [0.717, 1.165) is 25.5 Å². The SMILES string of the molecule is CN(C)[C@]1(c2ccccc2)CC[C@@]2(CC1)CN(Cc1ccccn1)CN2. The molecule has 1 spiro atoms. The standard InChI is InChI=1S/C22H30N4/c1-25(2)22(19-8-4-3-5-9-19)13-11-21(12-14-22)17-26(18-24-21)16-20-10-6-7-15-23-20/h3-10,15,24H,11-14,16-18H2,1-2H3/t21-,22-. The summed E-state index contributed by atoms with van der Waals surface area (Å²) in [5.74, 6) is 0. The van der Waals surface area contributed by atoms with Gasteiger partial charge in [-0.25, -0.2) is 0 Å². The van der Waals surface area contributed by atoms with E-state index in [1.165, 1.54) is 31.2 Å². The molecule has 1 aliphatic heterocycles. The Labute approximate surface area is 157 Å². The van der Waals surface area contributed by atoms with Crippen LogP contribution in [0.15, 0.2) is 54.7 Å². The fourth-order valence-corrected chi connectivity index (χ4v) is 4.87. The van der Waals surface area contributed by atoms with Crippen LogP contribution < -0.4 is 5.32 Å². The minimum Gasteiger partial charge on any atom is -0.300 e. The lowest BCUT2D eigenvalue weighted by molar-refractivity contribution is 0.0616. The van der Waals surface area contributed by atoms with Gasteiger partial charge < -0.3 is 0 Å². The van der Waals surface area contributed by atoms with Crippen molar-refractivity contribution in [2.24, 2.45) is 0 Å². The number of nitrogens with zero attached hydrogens (tertiary/aromatic N) is 3. The van der Waals surface area contributed by atoms with Crippen molar-refractivity contribution in [3.63, 3.8) is 0 Å². The first-order valence-electron chi connectivity index (χ1n) is 9.72. The Bertz CT molecular complexity index is 705. The van der Waals surface area contributed by atoms with E-state index in [4.69, 9.17) is 0 Å². The van der Waals surface area contributed by atoms with E-state index in [1.807, 2.05) is 12.3 Å². The summed E-state index contributed by atoms with van der Waals surface area (Å²) in [5.41, 5.74) is 3.06. The maximum atomic E-state index is 4.49. The topological polar surface area (TPSA) is 31.4 Å². The number of aromatic nitrogens is 1. The Morgan fingerprint density at radius 1 is 1.00 bits per heavy atom. The van der Waals surface area contributed by atoms with Gasteiger partial charge in [-0.1, -0.05) is 36.4 Å². The number of pyridine rings is 1. The van der Waals surface area contributed by atoms with Crippen molar-refractivity contribution in [3.05, 3.63) is 66.0 Å². The van der Waals surface area contributed by atoms with Crippen molar-refractivity contribution in [1.82, 2.24) is 20.1 Å². The summed E-state index contributed by atoms with van der Waals surface area (Å²) in [5, 5.41) is 3.85. The molecule has 2 fully saturated rings. The van der Waals surface area contributed by atoms with E-state index >= 15 is 0 Å². The highest BCUT2D eigenvalue weighted by Crippen LogP contribution is 2.45. The molecule has 1 aromatic heterocycles. The number of hydrogen-bond acceptors (Lipinski definition) is 4. The molecule has 138 valence electrons. The van der Waals surface area contributed by atoms with Gasteiger partial charge in [-0.05, 0) is 57.5 Å². The molecule has 0 atom stereocenters. The van der Waals surface area contributed by atoms with Gasteiger partial charge in [-0.3, -0.25) is 20.1 Å². The molecule has 0 bridgehead atoms. The Kier molecular flexibility index (Phi) is 4.82. The molecule has 1 aromatic carbocycles. The Morgan fingerprint density at radius 3 is 2.38 bits per heavy atom. The molecule has 4 nitrogen and oxygen atoms in total. The molecule has 0 radical (unpaired) electrons. The van der Waals surface area contributed by atoms with E-state index in [2.05, 4.69) is 76.7 Å². The van der Waals surface area contributed by atoms with Gasteiger partial charge in [0.15, 0.2) is 0 Å². The quantitative estimate of drug-likeness (QED) is 0.917. The lowest BCUT2D eigenvalue weighted by atomic mass is 9.69. The Balaban J connectivity index is 1.44. The third kappa shape index (κ3) is 3.29. The minimum absolute atomic E-state index is 0.169. The second kappa shape index (κ2) is 7.10. The summed E-state index contributed by atoms with van der Waals surface area (Å²) in [6, 6.07) is 17.2. The number of rotatable bonds is 4. The smallest absolute Gasteiger partial charge is 0.0544 e. The van der Waals surface area contributed by atoms with Crippen molar-refractivity contribution in [3.8, 4) is 0 Å². The molecule has 0 amide bonds. The van der Waals surface area contributed by atoms with Crippen molar-refractivity contribution in [1.29, 1.82) is 0 Å². The highest BCUT2D eigenvalue weighted by atomic mass is 15.3. The molecule has 26 heavy (non-hydrogen) atoms. The zero-order valence-corrected chi connectivity index (χ0v) is 16.0. The largest absolute Gasteiger partial charge is 0.300 e. The molecule has 4 rings (SSSR count). The molecule has 1 saturated carbocycles. The third-order valence-corrected chi connectivity index (χ3v) is 6.52. The van der Waals surface area contributed by atoms with E-state index in [9.17, 15) is 0 Å². The van der Waals surface area contributed by atoms with Gasteiger partial charge in [0.2, 0.25) is 0 Å².